The lowest BCUT2D eigenvalue weighted by atomic mass is 10.1. The number of nitro groups is 1. The van der Waals surface area contributed by atoms with Crippen LogP contribution in [-0.4, -0.2) is 22.5 Å². The van der Waals surface area contributed by atoms with Gasteiger partial charge in [-0.1, -0.05) is 19.1 Å². The predicted molar refractivity (Wildman–Crippen MR) is 75.2 cm³/mol. The first-order chi connectivity index (χ1) is 9.17. The Labute approximate surface area is 110 Å². The third-order valence-electron chi connectivity index (χ3n) is 3.08. The summed E-state index contributed by atoms with van der Waals surface area (Å²) in [5, 5.41) is 15.0. The Morgan fingerprint density at radius 1 is 1.47 bits per heavy atom. The number of fused-ring (bicyclic) bond motifs is 1. The number of nitrogens with one attached hydrogen (secondary N) is 1. The van der Waals surface area contributed by atoms with Crippen molar-refractivity contribution >= 4 is 22.3 Å². The molecule has 0 saturated carbocycles. The average molecular weight is 260 g/mol. The van der Waals surface area contributed by atoms with Gasteiger partial charge in [0.25, 0.3) is 5.69 Å². The molecule has 0 saturated heterocycles. The second-order valence-electron chi connectivity index (χ2n) is 4.27. The molecule has 2 rings (SSSR count). The van der Waals surface area contributed by atoms with Crippen LogP contribution in [0.5, 0.6) is 0 Å². The van der Waals surface area contributed by atoms with Crippen molar-refractivity contribution in [2.75, 3.05) is 11.9 Å². The smallest absolute Gasteiger partial charge is 0.295 e. The van der Waals surface area contributed by atoms with E-state index in [1.165, 1.54) is 6.07 Å². The van der Waals surface area contributed by atoms with Crippen molar-refractivity contribution in [3.63, 3.8) is 0 Å². The first-order valence-electron chi connectivity index (χ1n) is 6.16. The molecule has 1 aromatic heterocycles. The molecule has 0 bridgehead atoms. The van der Waals surface area contributed by atoms with Gasteiger partial charge in [0.15, 0.2) is 0 Å². The molecule has 0 spiro atoms. The molecule has 1 atom stereocenters. The fourth-order valence-corrected chi connectivity index (χ4v) is 1.98. The highest BCUT2D eigenvalue weighted by Gasteiger charge is 2.15. The van der Waals surface area contributed by atoms with Gasteiger partial charge in [-0.3, -0.25) is 10.1 Å². The molecule has 3 N–H and O–H groups in total. The van der Waals surface area contributed by atoms with Crippen LogP contribution in [0.15, 0.2) is 30.5 Å². The first-order valence-corrected chi connectivity index (χ1v) is 6.16. The Balaban J connectivity index is 2.51. The minimum absolute atomic E-state index is 0.0157. The summed E-state index contributed by atoms with van der Waals surface area (Å²) in [7, 11) is 0. The molecule has 6 nitrogen and oxygen atoms in total. The van der Waals surface area contributed by atoms with E-state index in [2.05, 4.69) is 10.3 Å². The summed E-state index contributed by atoms with van der Waals surface area (Å²) in [6.45, 7) is 2.55. The number of rotatable bonds is 5. The Morgan fingerprint density at radius 3 is 2.89 bits per heavy atom. The second kappa shape index (κ2) is 5.62. The topological polar surface area (TPSA) is 94.1 Å². The quantitative estimate of drug-likeness (QED) is 0.635. The third-order valence-corrected chi connectivity index (χ3v) is 3.08. The number of nitro benzene ring substituents is 1. The SMILES string of the molecule is CCC(CN)Nc1ccnc2c([N+](=O)[O-])cccc12. The Morgan fingerprint density at radius 2 is 2.26 bits per heavy atom. The number of benzene rings is 1. The summed E-state index contributed by atoms with van der Waals surface area (Å²) in [5.74, 6) is 0. The van der Waals surface area contributed by atoms with E-state index in [1.54, 1.807) is 12.3 Å². The molecule has 0 aliphatic carbocycles. The Bertz CT molecular complexity index is 596. The maximum atomic E-state index is 11.0. The molecule has 1 aromatic carbocycles. The molecule has 1 heterocycles. The van der Waals surface area contributed by atoms with Gasteiger partial charge in [-0.2, -0.15) is 0 Å². The zero-order chi connectivity index (χ0) is 13.8. The van der Waals surface area contributed by atoms with Crippen LogP contribution in [0.3, 0.4) is 0 Å². The molecule has 0 radical (unpaired) electrons. The number of nitrogens with two attached hydrogens (primary N) is 1. The van der Waals surface area contributed by atoms with Crippen LogP contribution in [0.4, 0.5) is 11.4 Å². The number of para-hydroxylation sites is 1. The van der Waals surface area contributed by atoms with Crippen molar-refractivity contribution in [3.8, 4) is 0 Å². The molecule has 2 aromatic rings. The normalized spacial score (nSPS) is 12.3. The van der Waals surface area contributed by atoms with Gasteiger partial charge in [0.2, 0.25) is 0 Å². The lowest BCUT2D eigenvalue weighted by Crippen LogP contribution is -2.27. The average Bonchev–Trinajstić information content (AvgIpc) is 2.44. The summed E-state index contributed by atoms with van der Waals surface area (Å²) < 4.78 is 0. The molecule has 0 fully saturated rings. The van der Waals surface area contributed by atoms with Crippen LogP contribution in [0, 0.1) is 10.1 Å². The monoisotopic (exact) mass is 260 g/mol. The Hall–Kier alpha value is -2.21. The van der Waals surface area contributed by atoms with E-state index in [4.69, 9.17) is 5.73 Å². The van der Waals surface area contributed by atoms with Crippen LogP contribution in [0.2, 0.25) is 0 Å². The second-order valence-corrected chi connectivity index (χ2v) is 4.27. The fraction of sp³-hybridized carbons (Fsp3) is 0.308. The molecule has 0 amide bonds. The maximum Gasteiger partial charge on any atom is 0.295 e. The van der Waals surface area contributed by atoms with Crippen molar-refractivity contribution in [2.45, 2.75) is 19.4 Å². The van der Waals surface area contributed by atoms with Gasteiger partial charge in [0.1, 0.15) is 5.52 Å². The standard InChI is InChI=1S/C13H16N4O2/c1-2-9(8-14)16-11-6-7-15-13-10(11)4-3-5-12(13)17(18)19/h3-7,9H,2,8,14H2,1H3,(H,15,16). The highest BCUT2D eigenvalue weighted by Crippen LogP contribution is 2.28. The van der Waals surface area contributed by atoms with Crippen LogP contribution >= 0.6 is 0 Å². The zero-order valence-corrected chi connectivity index (χ0v) is 10.7. The molecule has 1 unspecified atom stereocenters. The summed E-state index contributed by atoms with van der Waals surface area (Å²) >= 11 is 0. The molecular weight excluding hydrogens is 244 g/mol. The molecular formula is C13H16N4O2. The summed E-state index contributed by atoms with van der Waals surface area (Å²) in [6.07, 6.45) is 2.45. The first kappa shape index (κ1) is 13.2. The van der Waals surface area contributed by atoms with Crippen molar-refractivity contribution < 1.29 is 4.92 Å². The highest BCUT2D eigenvalue weighted by molar-refractivity contribution is 5.96. The minimum Gasteiger partial charge on any atom is -0.380 e. The predicted octanol–water partition coefficient (Wildman–Crippen LogP) is 2.29. The maximum absolute atomic E-state index is 11.0. The van der Waals surface area contributed by atoms with E-state index in [9.17, 15) is 10.1 Å². The minimum atomic E-state index is -0.417. The molecule has 6 heteroatoms. The summed E-state index contributed by atoms with van der Waals surface area (Å²) in [6, 6.07) is 6.89. The molecule has 19 heavy (non-hydrogen) atoms. The lowest BCUT2D eigenvalue weighted by Gasteiger charge is -2.17. The van der Waals surface area contributed by atoms with Crippen LogP contribution < -0.4 is 11.1 Å². The van der Waals surface area contributed by atoms with E-state index in [0.717, 1.165) is 17.5 Å². The van der Waals surface area contributed by atoms with Gasteiger partial charge >= 0.3 is 0 Å². The van der Waals surface area contributed by atoms with E-state index >= 15 is 0 Å². The van der Waals surface area contributed by atoms with Gasteiger partial charge < -0.3 is 11.1 Å². The van der Waals surface area contributed by atoms with Gasteiger partial charge in [-0.15, -0.1) is 0 Å². The van der Waals surface area contributed by atoms with Gasteiger partial charge in [-0.25, -0.2) is 4.98 Å². The third kappa shape index (κ3) is 2.63. The summed E-state index contributed by atoms with van der Waals surface area (Å²) in [4.78, 5) is 14.7. The molecule has 0 aliphatic rings. The van der Waals surface area contributed by atoms with Crippen molar-refractivity contribution in [3.05, 3.63) is 40.6 Å². The summed E-state index contributed by atoms with van der Waals surface area (Å²) in [5.41, 5.74) is 6.90. The number of pyridine rings is 1. The zero-order valence-electron chi connectivity index (χ0n) is 10.7. The number of non-ortho nitro benzene ring substituents is 1. The molecule has 100 valence electrons. The van der Waals surface area contributed by atoms with Gasteiger partial charge in [0.05, 0.1) is 4.92 Å². The number of nitrogens with zero attached hydrogens (tertiary/aromatic N) is 2. The fourth-order valence-electron chi connectivity index (χ4n) is 1.98. The largest absolute Gasteiger partial charge is 0.380 e. The van der Waals surface area contributed by atoms with Crippen molar-refractivity contribution in [1.29, 1.82) is 0 Å². The van der Waals surface area contributed by atoms with Crippen molar-refractivity contribution in [2.24, 2.45) is 5.73 Å². The van der Waals surface area contributed by atoms with E-state index in [1.807, 2.05) is 19.1 Å². The number of hydrogen-bond acceptors (Lipinski definition) is 5. The van der Waals surface area contributed by atoms with Gasteiger partial charge in [0, 0.05) is 35.9 Å². The van der Waals surface area contributed by atoms with E-state index in [0.29, 0.717) is 12.1 Å². The van der Waals surface area contributed by atoms with Crippen molar-refractivity contribution in [1.82, 2.24) is 4.98 Å². The van der Waals surface area contributed by atoms with E-state index < -0.39 is 4.92 Å². The van der Waals surface area contributed by atoms with Crippen LogP contribution in [0.1, 0.15) is 13.3 Å². The van der Waals surface area contributed by atoms with Gasteiger partial charge in [-0.05, 0) is 12.5 Å². The Kier molecular flexibility index (Phi) is 3.91. The highest BCUT2D eigenvalue weighted by atomic mass is 16.6. The molecule has 0 aliphatic heterocycles. The van der Waals surface area contributed by atoms with Crippen LogP contribution in [-0.2, 0) is 0 Å². The number of anilines is 1. The van der Waals surface area contributed by atoms with E-state index in [-0.39, 0.29) is 11.7 Å². The number of hydrogen-bond donors (Lipinski definition) is 2. The number of aromatic nitrogens is 1. The van der Waals surface area contributed by atoms with Crippen LogP contribution in [0.25, 0.3) is 10.9 Å². The lowest BCUT2D eigenvalue weighted by molar-refractivity contribution is -0.383.